The largest absolute Gasteiger partial charge is 0.481 e. The normalized spacial score (nSPS) is 15.7. The fourth-order valence-corrected chi connectivity index (χ4v) is 4.59. The van der Waals surface area contributed by atoms with Crippen molar-refractivity contribution in [3.63, 3.8) is 0 Å². The van der Waals surface area contributed by atoms with E-state index in [1.54, 1.807) is 13.0 Å². The summed E-state index contributed by atoms with van der Waals surface area (Å²) in [6.45, 7) is 2.41. The van der Waals surface area contributed by atoms with Gasteiger partial charge in [0.2, 0.25) is 5.91 Å². The molecular weight excluding hydrogens is 432 g/mol. The van der Waals surface area contributed by atoms with Crippen LogP contribution in [0.25, 0.3) is 11.1 Å². The van der Waals surface area contributed by atoms with Crippen molar-refractivity contribution in [2.45, 2.75) is 32.1 Å². The molecule has 3 N–H and O–H groups in total. The van der Waals surface area contributed by atoms with Gasteiger partial charge in [0, 0.05) is 24.6 Å². The van der Waals surface area contributed by atoms with Gasteiger partial charge < -0.3 is 20.5 Å². The first-order chi connectivity index (χ1) is 16.4. The number of carbonyl (C=O) groups is 3. The van der Waals surface area contributed by atoms with Gasteiger partial charge >= 0.3 is 12.1 Å². The van der Waals surface area contributed by atoms with E-state index in [9.17, 15) is 14.4 Å². The van der Waals surface area contributed by atoms with E-state index in [4.69, 9.17) is 9.84 Å². The monoisotopic (exact) mass is 462 g/mol. The van der Waals surface area contributed by atoms with Crippen molar-refractivity contribution in [2.75, 3.05) is 19.7 Å². The fourth-order valence-electron chi connectivity index (χ4n) is 4.59. The Bertz CT molecular complexity index is 1060. The summed E-state index contributed by atoms with van der Waals surface area (Å²) in [5, 5.41) is 14.5. The molecule has 1 unspecified atom stereocenters. The van der Waals surface area contributed by atoms with Crippen LogP contribution in [-0.4, -0.2) is 42.8 Å². The SMILES string of the molecule is C/C(=C\CNC(=O)OCC1c2ccccc2-c2ccccc21)C(=O)NCC(CC(=O)O)C1CC1. The van der Waals surface area contributed by atoms with E-state index in [2.05, 4.69) is 34.9 Å². The zero-order valence-corrected chi connectivity index (χ0v) is 19.3. The summed E-state index contributed by atoms with van der Waals surface area (Å²) in [7, 11) is 0. The lowest BCUT2D eigenvalue weighted by atomic mass is 9.98. The standard InChI is InChI=1S/C27H30N2O5/c1-17(26(32)29-15-19(14-25(30)31)18-10-11-18)12-13-28-27(33)34-16-24-22-8-4-2-6-20(22)21-7-3-5-9-23(21)24/h2-9,12,18-19,24H,10-11,13-16H2,1H3,(H,28,33)(H,29,32)(H,30,31)/b17-12+. The Labute approximate surface area is 199 Å². The van der Waals surface area contributed by atoms with E-state index in [0.717, 1.165) is 24.0 Å². The Morgan fingerprint density at radius 3 is 2.24 bits per heavy atom. The maximum atomic E-state index is 12.3. The van der Waals surface area contributed by atoms with Crippen LogP contribution in [0, 0.1) is 11.8 Å². The molecule has 0 aliphatic heterocycles. The van der Waals surface area contributed by atoms with E-state index in [-0.39, 0.29) is 37.3 Å². The Hall–Kier alpha value is -3.61. The number of amides is 2. The molecule has 1 atom stereocenters. The first-order valence-electron chi connectivity index (χ1n) is 11.7. The van der Waals surface area contributed by atoms with Crippen molar-refractivity contribution in [2.24, 2.45) is 11.8 Å². The summed E-state index contributed by atoms with van der Waals surface area (Å²) in [4.78, 5) is 35.6. The number of aliphatic carboxylic acids is 1. The molecule has 1 saturated carbocycles. The molecule has 2 aliphatic carbocycles. The summed E-state index contributed by atoms with van der Waals surface area (Å²) in [6.07, 6.45) is 3.19. The van der Waals surface area contributed by atoms with Gasteiger partial charge in [0.1, 0.15) is 6.61 Å². The zero-order valence-electron chi connectivity index (χ0n) is 19.3. The third kappa shape index (κ3) is 5.65. The van der Waals surface area contributed by atoms with E-state index in [1.165, 1.54) is 11.1 Å². The van der Waals surface area contributed by atoms with Crippen LogP contribution in [0.4, 0.5) is 4.79 Å². The number of fused-ring (bicyclic) bond motifs is 3. The van der Waals surface area contributed by atoms with E-state index < -0.39 is 12.1 Å². The van der Waals surface area contributed by atoms with E-state index in [0.29, 0.717) is 18.0 Å². The van der Waals surface area contributed by atoms with Gasteiger partial charge in [-0.1, -0.05) is 54.6 Å². The smallest absolute Gasteiger partial charge is 0.407 e. The molecule has 0 heterocycles. The molecule has 2 aromatic rings. The van der Waals surface area contributed by atoms with Crippen molar-refractivity contribution in [1.29, 1.82) is 0 Å². The number of ether oxygens (including phenoxy) is 1. The van der Waals surface area contributed by atoms with Gasteiger partial charge in [-0.3, -0.25) is 9.59 Å². The number of carbonyl (C=O) groups excluding carboxylic acids is 2. The summed E-state index contributed by atoms with van der Waals surface area (Å²) < 4.78 is 5.50. The van der Waals surface area contributed by atoms with Crippen LogP contribution in [-0.2, 0) is 14.3 Å². The van der Waals surface area contributed by atoms with Gasteiger partial charge in [-0.25, -0.2) is 4.79 Å². The highest BCUT2D eigenvalue weighted by atomic mass is 16.5. The second-order valence-electron chi connectivity index (χ2n) is 9.00. The molecule has 2 amide bonds. The lowest BCUT2D eigenvalue weighted by molar-refractivity contribution is -0.138. The predicted octanol–water partition coefficient (Wildman–Crippen LogP) is 4.09. The Morgan fingerprint density at radius 2 is 1.65 bits per heavy atom. The van der Waals surface area contributed by atoms with Gasteiger partial charge in [0.25, 0.3) is 0 Å². The molecular formula is C27H30N2O5. The number of rotatable bonds is 10. The highest BCUT2D eigenvalue weighted by Gasteiger charge is 2.33. The van der Waals surface area contributed by atoms with Crippen LogP contribution in [0.2, 0.25) is 0 Å². The lowest BCUT2D eigenvalue weighted by Gasteiger charge is -2.15. The first kappa shape index (κ1) is 23.5. The van der Waals surface area contributed by atoms with Crippen molar-refractivity contribution >= 4 is 18.0 Å². The van der Waals surface area contributed by atoms with Crippen molar-refractivity contribution < 1.29 is 24.2 Å². The van der Waals surface area contributed by atoms with Crippen LogP contribution in [0.15, 0.2) is 60.2 Å². The molecule has 0 spiro atoms. The summed E-state index contributed by atoms with van der Waals surface area (Å²) >= 11 is 0. The van der Waals surface area contributed by atoms with Gasteiger partial charge in [-0.15, -0.1) is 0 Å². The van der Waals surface area contributed by atoms with Gasteiger partial charge in [0.15, 0.2) is 0 Å². The maximum Gasteiger partial charge on any atom is 0.407 e. The highest BCUT2D eigenvalue weighted by Crippen LogP contribution is 2.44. The Balaban J connectivity index is 1.23. The van der Waals surface area contributed by atoms with Gasteiger partial charge in [-0.05, 0) is 53.9 Å². The summed E-state index contributed by atoms with van der Waals surface area (Å²) in [6, 6.07) is 16.3. The number of carboxylic acid groups (broad SMARTS) is 1. The average molecular weight is 463 g/mol. The minimum atomic E-state index is -0.842. The zero-order chi connectivity index (χ0) is 24.1. The lowest BCUT2D eigenvalue weighted by Crippen LogP contribution is -2.32. The molecule has 34 heavy (non-hydrogen) atoms. The van der Waals surface area contributed by atoms with E-state index >= 15 is 0 Å². The number of alkyl carbamates (subject to hydrolysis) is 1. The Morgan fingerprint density at radius 1 is 1.03 bits per heavy atom. The molecule has 178 valence electrons. The van der Waals surface area contributed by atoms with Crippen molar-refractivity contribution in [3.05, 3.63) is 71.3 Å². The molecule has 2 aliphatic rings. The molecule has 1 fully saturated rings. The number of benzene rings is 2. The van der Waals surface area contributed by atoms with Crippen LogP contribution >= 0.6 is 0 Å². The number of hydrogen-bond acceptors (Lipinski definition) is 4. The highest BCUT2D eigenvalue weighted by molar-refractivity contribution is 5.92. The molecule has 0 saturated heterocycles. The Kier molecular flexibility index (Phi) is 7.30. The van der Waals surface area contributed by atoms with Crippen molar-refractivity contribution in [3.8, 4) is 11.1 Å². The minimum Gasteiger partial charge on any atom is -0.481 e. The van der Waals surface area contributed by atoms with Gasteiger partial charge in [0.05, 0.1) is 6.42 Å². The van der Waals surface area contributed by atoms with Crippen molar-refractivity contribution in [1.82, 2.24) is 10.6 Å². The second-order valence-corrected chi connectivity index (χ2v) is 9.00. The molecule has 0 radical (unpaired) electrons. The van der Waals surface area contributed by atoms with Crippen LogP contribution in [0.5, 0.6) is 0 Å². The van der Waals surface area contributed by atoms with Gasteiger partial charge in [-0.2, -0.15) is 0 Å². The molecule has 0 bridgehead atoms. The molecule has 0 aromatic heterocycles. The number of hydrogen-bond donors (Lipinski definition) is 3. The second kappa shape index (κ2) is 10.5. The minimum absolute atomic E-state index is 0.00794. The fraction of sp³-hybridized carbons (Fsp3) is 0.370. The summed E-state index contributed by atoms with van der Waals surface area (Å²) in [5.41, 5.74) is 5.10. The number of nitrogens with one attached hydrogen (secondary N) is 2. The van der Waals surface area contributed by atoms with Crippen LogP contribution < -0.4 is 10.6 Å². The molecule has 2 aromatic carbocycles. The third-order valence-electron chi connectivity index (χ3n) is 6.61. The third-order valence-corrected chi connectivity index (χ3v) is 6.61. The number of carboxylic acids is 1. The first-order valence-corrected chi connectivity index (χ1v) is 11.7. The molecule has 7 nitrogen and oxygen atoms in total. The topological polar surface area (TPSA) is 105 Å². The van der Waals surface area contributed by atoms with Crippen LogP contribution in [0.3, 0.4) is 0 Å². The molecule has 7 heteroatoms. The molecule has 4 rings (SSSR count). The quantitative estimate of drug-likeness (QED) is 0.462. The maximum absolute atomic E-state index is 12.3. The summed E-state index contributed by atoms with van der Waals surface area (Å²) in [5.74, 6) is -0.758. The predicted molar refractivity (Wildman–Crippen MR) is 128 cm³/mol. The average Bonchev–Trinajstić information content (AvgIpc) is 3.63. The van der Waals surface area contributed by atoms with Crippen LogP contribution in [0.1, 0.15) is 43.2 Å². The van der Waals surface area contributed by atoms with E-state index in [1.807, 2.05) is 24.3 Å².